The molecule has 0 atom stereocenters. The van der Waals surface area contributed by atoms with E-state index in [1.54, 1.807) is 18.2 Å². The Morgan fingerprint density at radius 1 is 1.25 bits per heavy atom. The van der Waals surface area contributed by atoms with Gasteiger partial charge in [-0.2, -0.15) is 0 Å². The lowest BCUT2D eigenvalue weighted by molar-refractivity contribution is -0.111. The third-order valence-corrected chi connectivity index (χ3v) is 3.53. The number of piperidine rings is 1. The van der Waals surface area contributed by atoms with Gasteiger partial charge in [0.2, 0.25) is 5.91 Å². The lowest BCUT2D eigenvalue weighted by Crippen LogP contribution is -2.36. The summed E-state index contributed by atoms with van der Waals surface area (Å²) in [6.07, 6.45) is 4.36. The van der Waals surface area contributed by atoms with Crippen LogP contribution >= 0.6 is 11.6 Å². The Labute approximate surface area is 123 Å². The molecule has 1 heterocycles. The average Bonchev–Trinajstić information content (AvgIpc) is 2.47. The summed E-state index contributed by atoms with van der Waals surface area (Å²) in [7, 11) is 0. The Balaban J connectivity index is 2.27. The fourth-order valence-electron chi connectivity index (χ4n) is 2.26. The molecule has 0 aromatic heterocycles. The Morgan fingerprint density at radius 3 is 2.60 bits per heavy atom. The second-order valence-electron chi connectivity index (χ2n) is 4.74. The van der Waals surface area contributed by atoms with E-state index in [9.17, 15) is 9.59 Å². The van der Waals surface area contributed by atoms with E-state index >= 15 is 0 Å². The van der Waals surface area contributed by atoms with Gasteiger partial charge in [-0.05, 0) is 43.5 Å². The molecule has 20 heavy (non-hydrogen) atoms. The Bertz CT molecular complexity index is 537. The second kappa shape index (κ2) is 6.57. The van der Waals surface area contributed by atoms with Gasteiger partial charge in [-0.25, -0.2) is 0 Å². The molecule has 5 heteroatoms. The molecule has 0 saturated carbocycles. The van der Waals surface area contributed by atoms with E-state index in [2.05, 4.69) is 11.9 Å². The van der Waals surface area contributed by atoms with E-state index < -0.39 is 0 Å². The monoisotopic (exact) mass is 292 g/mol. The molecule has 0 spiro atoms. The first-order valence-electron chi connectivity index (χ1n) is 6.64. The molecule has 1 aromatic rings. The first kappa shape index (κ1) is 14.6. The van der Waals surface area contributed by atoms with Crippen LogP contribution < -0.4 is 5.32 Å². The number of anilines is 1. The van der Waals surface area contributed by atoms with Crippen molar-refractivity contribution in [1.82, 2.24) is 4.90 Å². The molecule has 1 aliphatic heterocycles. The fraction of sp³-hybridized carbons (Fsp3) is 0.333. The Morgan fingerprint density at radius 2 is 1.95 bits per heavy atom. The van der Waals surface area contributed by atoms with Crippen LogP contribution in [0.15, 0.2) is 30.9 Å². The van der Waals surface area contributed by atoms with Crippen molar-refractivity contribution in [2.45, 2.75) is 19.3 Å². The highest BCUT2D eigenvalue weighted by Gasteiger charge is 2.21. The zero-order valence-corrected chi connectivity index (χ0v) is 11.9. The van der Waals surface area contributed by atoms with Crippen molar-refractivity contribution in [3.05, 3.63) is 41.4 Å². The number of nitrogens with zero attached hydrogens (tertiary/aromatic N) is 1. The van der Waals surface area contributed by atoms with Gasteiger partial charge in [0.15, 0.2) is 0 Å². The van der Waals surface area contributed by atoms with Crippen LogP contribution in [-0.4, -0.2) is 29.8 Å². The third-order valence-electron chi connectivity index (χ3n) is 3.30. The van der Waals surface area contributed by atoms with Crippen LogP contribution in [0, 0.1) is 0 Å². The standard InChI is InChI=1S/C15H17ClN2O2/c1-2-14(19)17-13-10-11(16)6-7-12(13)15(20)18-8-4-3-5-9-18/h2,6-7,10H,1,3-5,8-9H2,(H,17,19). The van der Waals surface area contributed by atoms with E-state index in [1.807, 2.05) is 4.90 Å². The fourth-order valence-corrected chi connectivity index (χ4v) is 2.43. The Kier molecular flexibility index (Phi) is 4.79. The van der Waals surface area contributed by atoms with Crippen LogP contribution in [0.25, 0.3) is 0 Å². The van der Waals surface area contributed by atoms with Gasteiger partial charge < -0.3 is 10.2 Å². The summed E-state index contributed by atoms with van der Waals surface area (Å²) in [6.45, 7) is 4.92. The molecule has 0 radical (unpaired) electrons. The average molecular weight is 293 g/mol. The molecule has 1 aromatic carbocycles. The molecule has 4 nitrogen and oxygen atoms in total. The predicted molar refractivity (Wildman–Crippen MR) is 80.0 cm³/mol. The molecule has 2 amide bonds. The van der Waals surface area contributed by atoms with E-state index in [-0.39, 0.29) is 11.8 Å². The molecule has 0 unspecified atom stereocenters. The lowest BCUT2D eigenvalue weighted by Gasteiger charge is -2.27. The zero-order chi connectivity index (χ0) is 14.5. The van der Waals surface area contributed by atoms with Crippen molar-refractivity contribution in [3.8, 4) is 0 Å². The quantitative estimate of drug-likeness (QED) is 0.870. The number of hydrogen-bond acceptors (Lipinski definition) is 2. The number of hydrogen-bond donors (Lipinski definition) is 1. The maximum atomic E-state index is 12.5. The number of carbonyl (C=O) groups is 2. The number of carbonyl (C=O) groups excluding carboxylic acids is 2. The molecule has 1 saturated heterocycles. The van der Waals surface area contributed by atoms with Gasteiger partial charge in [-0.3, -0.25) is 9.59 Å². The smallest absolute Gasteiger partial charge is 0.255 e. The number of halogens is 1. The summed E-state index contributed by atoms with van der Waals surface area (Å²) in [5, 5.41) is 3.10. The maximum Gasteiger partial charge on any atom is 0.255 e. The minimum Gasteiger partial charge on any atom is -0.339 e. The first-order chi connectivity index (χ1) is 9.61. The Hall–Kier alpha value is -1.81. The summed E-state index contributed by atoms with van der Waals surface area (Å²) in [5.74, 6) is -0.430. The lowest BCUT2D eigenvalue weighted by atomic mass is 10.1. The van der Waals surface area contributed by atoms with Crippen LogP contribution in [0.2, 0.25) is 5.02 Å². The third kappa shape index (κ3) is 3.39. The van der Waals surface area contributed by atoms with Crippen LogP contribution in [0.3, 0.4) is 0 Å². The van der Waals surface area contributed by atoms with Crippen molar-refractivity contribution in [3.63, 3.8) is 0 Å². The highest BCUT2D eigenvalue weighted by molar-refractivity contribution is 6.31. The summed E-state index contributed by atoms with van der Waals surface area (Å²) in [5.41, 5.74) is 0.893. The van der Waals surface area contributed by atoms with Crippen molar-refractivity contribution in [2.24, 2.45) is 0 Å². The molecule has 0 aliphatic carbocycles. The number of likely N-dealkylation sites (tertiary alicyclic amines) is 1. The second-order valence-corrected chi connectivity index (χ2v) is 5.17. The maximum absolute atomic E-state index is 12.5. The largest absolute Gasteiger partial charge is 0.339 e. The molecule has 2 rings (SSSR count). The van der Waals surface area contributed by atoms with E-state index in [4.69, 9.17) is 11.6 Å². The predicted octanol–water partition coefficient (Wildman–Crippen LogP) is 3.09. The van der Waals surface area contributed by atoms with Gasteiger partial charge in [0.1, 0.15) is 0 Å². The minimum atomic E-state index is -0.361. The molecule has 1 aliphatic rings. The van der Waals surface area contributed by atoms with Crippen LogP contribution in [0.1, 0.15) is 29.6 Å². The van der Waals surface area contributed by atoms with Crippen molar-refractivity contribution < 1.29 is 9.59 Å². The number of nitrogens with one attached hydrogen (secondary N) is 1. The van der Waals surface area contributed by atoms with Gasteiger partial charge in [-0.15, -0.1) is 0 Å². The number of amides is 2. The van der Waals surface area contributed by atoms with Gasteiger partial charge in [-0.1, -0.05) is 18.2 Å². The SMILES string of the molecule is C=CC(=O)Nc1cc(Cl)ccc1C(=O)N1CCCCC1. The van der Waals surface area contributed by atoms with Crippen LogP contribution in [-0.2, 0) is 4.79 Å². The van der Waals surface area contributed by atoms with Crippen molar-refractivity contribution in [2.75, 3.05) is 18.4 Å². The summed E-state index contributed by atoms with van der Waals surface area (Å²) in [4.78, 5) is 25.8. The van der Waals surface area contributed by atoms with Crippen molar-refractivity contribution >= 4 is 29.1 Å². The van der Waals surface area contributed by atoms with E-state index in [0.29, 0.717) is 16.3 Å². The van der Waals surface area contributed by atoms with E-state index in [1.165, 1.54) is 0 Å². The summed E-state index contributed by atoms with van der Waals surface area (Å²) < 4.78 is 0. The molecular formula is C15H17ClN2O2. The first-order valence-corrected chi connectivity index (χ1v) is 7.02. The van der Waals surface area contributed by atoms with Crippen molar-refractivity contribution in [1.29, 1.82) is 0 Å². The molecular weight excluding hydrogens is 276 g/mol. The zero-order valence-electron chi connectivity index (χ0n) is 11.2. The highest BCUT2D eigenvalue weighted by Crippen LogP contribution is 2.24. The van der Waals surface area contributed by atoms with Gasteiger partial charge in [0, 0.05) is 18.1 Å². The van der Waals surface area contributed by atoms with Crippen LogP contribution in [0.4, 0.5) is 5.69 Å². The highest BCUT2D eigenvalue weighted by atomic mass is 35.5. The number of benzene rings is 1. The minimum absolute atomic E-state index is 0.0688. The summed E-state index contributed by atoms with van der Waals surface area (Å²) in [6, 6.07) is 4.89. The molecule has 1 fully saturated rings. The topological polar surface area (TPSA) is 49.4 Å². The summed E-state index contributed by atoms with van der Waals surface area (Å²) >= 11 is 5.93. The van der Waals surface area contributed by atoms with Gasteiger partial charge in [0.25, 0.3) is 5.91 Å². The normalized spacial score (nSPS) is 14.8. The van der Waals surface area contributed by atoms with Gasteiger partial charge in [0.05, 0.1) is 11.3 Å². The molecule has 106 valence electrons. The van der Waals surface area contributed by atoms with Crippen LogP contribution in [0.5, 0.6) is 0 Å². The molecule has 0 bridgehead atoms. The van der Waals surface area contributed by atoms with Gasteiger partial charge >= 0.3 is 0 Å². The number of rotatable bonds is 3. The van der Waals surface area contributed by atoms with E-state index in [0.717, 1.165) is 38.4 Å². The molecule has 1 N–H and O–H groups in total.